The molecule has 28 heavy (non-hydrogen) atoms. The normalized spacial score (nSPS) is 11.3. The Labute approximate surface area is 158 Å². The van der Waals surface area contributed by atoms with Gasteiger partial charge in [0.15, 0.2) is 17.2 Å². The first-order valence-corrected chi connectivity index (χ1v) is 8.70. The van der Waals surface area contributed by atoms with Gasteiger partial charge in [0, 0.05) is 17.1 Å². The Hall–Kier alpha value is -3.87. The zero-order valence-corrected chi connectivity index (χ0v) is 14.6. The highest BCUT2D eigenvalue weighted by Gasteiger charge is 2.11. The van der Waals surface area contributed by atoms with Gasteiger partial charge in [0.25, 0.3) is 0 Å². The Kier molecular flexibility index (Phi) is 3.72. The maximum Gasteiger partial charge on any atom is 0.179 e. The molecule has 0 atom stereocenters. The highest BCUT2D eigenvalue weighted by molar-refractivity contribution is 5.79. The molecule has 0 fully saturated rings. The number of phenolic OH excluding ortho intramolecular Hbond substituents is 1. The van der Waals surface area contributed by atoms with E-state index in [1.165, 1.54) is 12.1 Å². The van der Waals surface area contributed by atoms with Gasteiger partial charge in [0.1, 0.15) is 5.52 Å². The van der Waals surface area contributed by atoms with Crippen LogP contribution in [-0.4, -0.2) is 30.1 Å². The lowest BCUT2D eigenvalue weighted by atomic mass is 10.1. The van der Waals surface area contributed by atoms with Gasteiger partial charge < -0.3 is 5.11 Å². The van der Waals surface area contributed by atoms with Gasteiger partial charge in [-0.3, -0.25) is 4.98 Å². The second-order valence-corrected chi connectivity index (χ2v) is 6.48. The Bertz CT molecular complexity index is 1330. The summed E-state index contributed by atoms with van der Waals surface area (Å²) in [5, 5.41) is 18.8. The second-order valence-electron chi connectivity index (χ2n) is 6.48. The number of hydrogen-bond donors (Lipinski definition) is 1. The highest BCUT2D eigenvalue weighted by atomic mass is 19.1. The molecule has 136 valence electrons. The third-order valence-corrected chi connectivity index (χ3v) is 4.60. The standard InChI is InChI=1S/C21H14FN5O/c22-16-11-15(4-8-20(16)28)18-6-7-19-21(24-18)27(26-25-19)12-13-3-5-17-14(10-13)2-1-9-23-17/h1-11,28H,12H2. The van der Waals surface area contributed by atoms with Gasteiger partial charge in [0.2, 0.25) is 0 Å². The lowest BCUT2D eigenvalue weighted by Crippen LogP contribution is -2.03. The van der Waals surface area contributed by atoms with Crippen LogP contribution in [0.5, 0.6) is 5.75 Å². The third kappa shape index (κ3) is 2.83. The van der Waals surface area contributed by atoms with Crippen LogP contribution in [0.15, 0.2) is 66.9 Å². The van der Waals surface area contributed by atoms with Crippen molar-refractivity contribution in [2.45, 2.75) is 6.54 Å². The predicted octanol–water partition coefficient (Wildman–Crippen LogP) is 3.93. The Morgan fingerprint density at radius 2 is 1.86 bits per heavy atom. The molecular formula is C21H14FN5O. The van der Waals surface area contributed by atoms with Crippen LogP contribution < -0.4 is 0 Å². The number of benzene rings is 2. The molecule has 0 aliphatic heterocycles. The molecule has 0 amide bonds. The van der Waals surface area contributed by atoms with Crippen molar-refractivity contribution < 1.29 is 9.50 Å². The number of pyridine rings is 2. The first-order chi connectivity index (χ1) is 13.7. The van der Waals surface area contributed by atoms with Crippen LogP contribution in [0.4, 0.5) is 4.39 Å². The van der Waals surface area contributed by atoms with Gasteiger partial charge in [-0.2, -0.15) is 0 Å². The monoisotopic (exact) mass is 371 g/mol. The SMILES string of the molecule is Oc1ccc(-c2ccc3nnn(Cc4ccc5ncccc5c4)c3n2)cc1F. The molecule has 0 radical (unpaired) electrons. The molecule has 6 nitrogen and oxygen atoms in total. The Morgan fingerprint density at radius 1 is 0.964 bits per heavy atom. The van der Waals surface area contributed by atoms with Crippen molar-refractivity contribution in [2.24, 2.45) is 0 Å². The molecule has 0 aliphatic carbocycles. The summed E-state index contributed by atoms with van der Waals surface area (Å²) in [5.74, 6) is -1.07. The lowest BCUT2D eigenvalue weighted by Gasteiger charge is -2.06. The van der Waals surface area contributed by atoms with E-state index < -0.39 is 5.82 Å². The summed E-state index contributed by atoms with van der Waals surface area (Å²) in [6.45, 7) is 0.502. The summed E-state index contributed by atoms with van der Waals surface area (Å²) in [7, 11) is 0. The zero-order chi connectivity index (χ0) is 19.1. The van der Waals surface area contributed by atoms with E-state index in [1.54, 1.807) is 29.1 Å². The quantitative estimate of drug-likeness (QED) is 0.520. The van der Waals surface area contributed by atoms with Crippen LogP contribution in [0.3, 0.4) is 0 Å². The minimum absolute atomic E-state index is 0.387. The van der Waals surface area contributed by atoms with E-state index in [9.17, 15) is 9.50 Å². The molecule has 3 aromatic heterocycles. The average molecular weight is 371 g/mol. The second kappa shape index (κ2) is 6.38. The smallest absolute Gasteiger partial charge is 0.179 e. The highest BCUT2D eigenvalue weighted by Crippen LogP contribution is 2.25. The van der Waals surface area contributed by atoms with Gasteiger partial charge in [0.05, 0.1) is 17.8 Å². The van der Waals surface area contributed by atoms with E-state index >= 15 is 0 Å². The predicted molar refractivity (Wildman–Crippen MR) is 103 cm³/mol. The molecule has 7 heteroatoms. The maximum absolute atomic E-state index is 13.7. The summed E-state index contributed by atoms with van der Waals surface area (Å²) >= 11 is 0. The van der Waals surface area contributed by atoms with Crippen molar-refractivity contribution in [1.82, 2.24) is 25.0 Å². The zero-order valence-electron chi connectivity index (χ0n) is 14.6. The molecule has 0 spiro atoms. The molecule has 0 aliphatic rings. The van der Waals surface area contributed by atoms with Crippen LogP contribution in [0.1, 0.15) is 5.56 Å². The maximum atomic E-state index is 13.7. The number of aromatic nitrogens is 5. The van der Waals surface area contributed by atoms with Crippen LogP contribution in [0.2, 0.25) is 0 Å². The molecule has 0 unspecified atom stereocenters. The van der Waals surface area contributed by atoms with Gasteiger partial charge in [-0.15, -0.1) is 5.10 Å². The molecule has 1 N–H and O–H groups in total. The van der Waals surface area contributed by atoms with Crippen molar-refractivity contribution in [3.05, 3.63) is 78.2 Å². The van der Waals surface area contributed by atoms with E-state index in [-0.39, 0.29) is 5.75 Å². The van der Waals surface area contributed by atoms with Crippen LogP contribution >= 0.6 is 0 Å². The molecular weight excluding hydrogens is 357 g/mol. The fraction of sp³-hybridized carbons (Fsp3) is 0.0476. The molecule has 0 bridgehead atoms. The molecule has 3 heterocycles. The van der Waals surface area contributed by atoms with Crippen molar-refractivity contribution in [3.8, 4) is 17.0 Å². The number of hydrogen-bond acceptors (Lipinski definition) is 5. The van der Waals surface area contributed by atoms with E-state index in [4.69, 9.17) is 0 Å². The molecule has 2 aromatic carbocycles. The van der Waals surface area contributed by atoms with Crippen LogP contribution in [-0.2, 0) is 6.54 Å². The number of fused-ring (bicyclic) bond motifs is 2. The van der Waals surface area contributed by atoms with Crippen LogP contribution in [0, 0.1) is 5.82 Å². The summed E-state index contributed by atoms with van der Waals surface area (Å²) < 4.78 is 15.4. The summed E-state index contributed by atoms with van der Waals surface area (Å²) in [4.78, 5) is 8.94. The van der Waals surface area contributed by atoms with Crippen molar-refractivity contribution >= 4 is 22.1 Å². The fourth-order valence-electron chi connectivity index (χ4n) is 3.18. The average Bonchev–Trinajstić information content (AvgIpc) is 3.12. The molecule has 5 aromatic rings. The minimum Gasteiger partial charge on any atom is -0.505 e. The van der Waals surface area contributed by atoms with Crippen molar-refractivity contribution in [3.63, 3.8) is 0 Å². The van der Waals surface area contributed by atoms with E-state index in [2.05, 4.69) is 26.3 Å². The first kappa shape index (κ1) is 16.3. The number of nitrogens with zero attached hydrogens (tertiary/aromatic N) is 5. The summed E-state index contributed by atoms with van der Waals surface area (Å²) in [5.41, 5.74) is 4.40. The summed E-state index contributed by atoms with van der Waals surface area (Å²) in [6.07, 6.45) is 1.77. The Morgan fingerprint density at radius 3 is 2.75 bits per heavy atom. The third-order valence-electron chi connectivity index (χ3n) is 4.60. The molecule has 0 saturated carbocycles. The number of phenols is 1. The largest absolute Gasteiger partial charge is 0.505 e. The minimum atomic E-state index is -0.684. The van der Waals surface area contributed by atoms with Gasteiger partial charge in [-0.25, -0.2) is 14.1 Å². The van der Waals surface area contributed by atoms with Crippen molar-refractivity contribution in [1.29, 1.82) is 0 Å². The fourth-order valence-corrected chi connectivity index (χ4v) is 3.18. The Balaban J connectivity index is 1.54. The summed E-state index contributed by atoms with van der Waals surface area (Å²) in [6, 6.07) is 17.7. The topological polar surface area (TPSA) is 76.7 Å². The lowest BCUT2D eigenvalue weighted by molar-refractivity contribution is 0.432. The first-order valence-electron chi connectivity index (χ1n) is 8.70. The van der Waals surface area contributed by atoms with Crippen LogP contribution in [0.25, 0.3) is 33.3 Å². The van der Waals surface area contributed by atoms with Gasteiger partial charge >= 0.3 is 0 Å². The number of aromatic hydroxyl groups is 1. The number of rotatable bonds is 3. The van der Waals surface area contributed by atoms with Gasteiger partial charge in [-0.05, 0) is 54.1 Å². The number of halogens is 1. The molecule has 5 rings (SSSR count). The van der Waals surface area contributed by atoms with E-state index in [1.807, 2.05) is 24.3 Å². The van der Waals surface area contributed by atoms with Gasteiger partial charge in [-0.1, -0.05) is 17.3 Å². The van der Waals surface area contributed by atoms with E-state index in [0.29, 0.717) is 29.0 Å². The van der Waals surface area contributed by atoms with Crippen molar-refractivity contribution in [2.75, 3.05) is 0 Å². The van der Waals surface area contributed by atoms with E-state index in [0.717, 1.165) is 16.5 Å². The molecule has 0 saturated heterocycles.